The maximum atomic E-state index is 12.1. The summed E-state index contributed by atoms with van der Waals surface area (Å²) >= 11 is 1.63. The molecular formula is C11H19N3O2S2. The predicted octanol–water partition coefficient (Wildman–Crippen LogP) is 0.419. The second-order valence-electron chi connectivity index (χ2n) is 4.51. The minimum absolute atomic E-state index is 0.0838. The van der Waals surface area contributed by atoms with Crippen LogP contribution in [0.4, 0.5) is 0 Å². The van der Waals surface area contributed by atoms with Gasteiger partial charge in [0.25, 0.3) is 10.2 Å². The van der Waals surface area contributed by atoms with Gasteiger partial charge in [0.05, 0.1) is 0 Å². The van der Waals surface area contributed by atoms with Crippen molar-refractivity contribution in [2.75, 3.05) is 26.2 Å². The molecule has 2 heterocycles. The molecule has 1 saturated heterocycles. The largest absolute Gasteiger partial charge is 0.314 e. The van der Waals surface area contributed by atoms with Crippen LogP contribution in [-0.4, -0.2) is 44.9 Å². The maximum absolute atomic E-state index is 12.1. The highest BCUT2D eigenvalue weighted by Crippen LogP contribution is 2.10. The van der Waals surface area contributed by atoms with Crippen LogP contribution in [0.15, 0.2) is 16.8 Å². The highest BCUT2D eigenvalue weighted by molar-refractivity contribution is 7.87. The first kappa shape index (κ1) is 14.0. The smallest absolute Gasteiger partial charge is 0.279 e. The zero-order valence-corrected chi connectivity index (χ0v) is 12.1. The van der Waals surface area contributed by atoms with Gasteiger partial charge in [-0.15, -0.1) is 0 Å². The third-order valence-electron chi connectivity index (χ3n) is 2.89. The van der Waals surface area contributed by atoms with E-state index in [1.165, 1.54) is 9.87 Å². The van der Waals surface area contributed by atoms with Crippen molar-refractivity contribution in [3.63, 3.8) is 0 Å². The second kappa shape index (κ2) is 6.12. The molecule has 0 radical (unpaired) electrons. The molecule has 0 spiro atoms. The molecule has 0 amide bonds. The zero-order valence-electron chi connectivity index (χ0n) is 10.4. The third-order valence-corrected chi connectivity index (χ3v) is 5.37. The Kier molecular flexibility index (Phi) is 4.74. The average Bonchev–Trinajstić information content (AvgIpc) is 2.82. The van der Waals surface area contributed by atoms with E-state index in [0.717, 1.165) is 19.5 Å². The van der Waals surface area contributed by atoms with Crippen LogP contribution >= 0.6 is 11.3 Å². The molecule has 102 valence electrons. The molecule has 18 heavy (non-hydrogen) atoms. The van der Waals surface area contributed by atoms with E-state index in [0.29, 0.717) is 13.1 Å². The first-order valence-corrected chi connectivity index (χ1v) is 8.45. The summed E-state index contributed by atoms with van der Waals surface area (Å²) in [6, 6.07) is 1.94. The van der Waals surface area contributed by atoms with Gasteiger partial charge in [-0.2, -0.15) is 28.8 Å². The van der Waals surface area contributed by atoms with E-state index in [1.807, 2.05) is 18.4 Å². The fourth-order valence-corrected chi connectivity index (χ4v) is 4.10. The van der Waals surface area contributed by atoms with Crippen molar-refractivity contribution in [1.82, 2.24) is 14.3 Å². The van der Waals surface area contributed by atoms with E-state index in [2.05, 4.69) is 15.4 Å². The number of rotatable bonds is 5. The van der Waals surface area contributed by atoms with Gasteiger partial charge < -0.3 is 5.32 Å². The van der Waals surface area contributed by atoms with Crippen LogP contribution in [0.5, 0.6) is 0 Å². The van der Waals surface area contributed by atoms with Crippen molar-refractivity contribution in [1.29, 1.82) is 0 Å². The molecule has 1 fully saturated rings. The summed E-state index contributed by atoms with van der Waals surface area (Å²) in [5.74, 6) is 0. The number of hydrogen-bond donors (Lipinski definition) is 2. The van der Waals surface area contributed by atoms with Crippen LogP contribution in [0.2, 0.25) is 0 Å². The summed E-state index contributed by atoms with van der Waals surface area (Å²) in [5.41, 5.74) is 1.18. The third kappa shape index (κ3) is 3.76. The minimum Gasteiger partial charge on any atom is -0.314 e. The topological polar surface area (TPSA) is 61.4 Å². The normalized spacial score (nSPS) is 19.8. The molecule has 1 aliphatic rings. The van der Waals surface area contributed by atoms with Gasteiger partial charge in [0, 0.05) is 32.2 Å². The van der Waals surface area contributed by atoms with Gasteiger partial charge in [0.1, 0.15) is 0 Å². The molecule has 0 saturated carbocycles. The lowest BCUT2D eigenvalue weighted by Crippen LogP contribution is -2.52. The molecular weight excluding hydrogens is 270 g/mol. The Hall–Kier alpha value is -0.470. The van der Waals surface area contributed by atoms with Gasteiger partial charge in [0.15, 0.2) is 0 Å². The van der Waals surface area contributed by atoms with Gasteiger partial charge in [-0.1, -0.05) is 0 Å². The number of piperazine rings is 1. The molecule has 1 atom stereocenters. The summed E-state index contributed by atoms with van der Waals surface area (Å²) in [7, 11) is -3.34. The Morgan fingerprint density at radius 3 is 2.83 bits per heavy atom. The van der Waals surface area contributed by atoms with Crippen molar-refractivity contribution < 1.29 is 8.42 Å². The molecule has 1 aromatic rings. The summed E-state index contributed by atoms with van der Waals surface area (Å²) in [4.78, 5) is 0. The highest BCUT2D eigenvalue weighted by atomic mass is 32.2. The van der Waals surface area contributed by atoms with Crippen molar-refractivity contribution in [2.45, 2.75) is 19.4 Å². The monoisotopic (exact) mass is 289 g/mol. The van der Waals surface area contributed by atoms with Crippen molar-refractivity contribution in [2.24, 2.45) is 0 Å². The van der Waals surface area contributed by atoms with Gasteiger partial charge >= 0.3 is 0 Å². The fourth-order valence-electron chi connectivity index (χ4n) is 2.02. The number of nitrogens with zero attached hydrogens (tertiary/aromatic N) is 1. The van der Waals surface area contributed by atoms with E-state index in [1.54, 1.807) is 11.3 Å². The summed E-state index contributed by atoms with van der Waals surface area (Å²) in [5, 5.41) is 7.20. The molecule has 1 unspecified atom stereocenters. The number of thiophene rings is 1. The SMILES string of the molecule is CC(Cc1ccsc1)NS(=O)(=O)N1CCNCC1. The predicted molar refractivity (Wildman–Crippen MR) is 74.0 cm³/mol. The Morgan fingerprint density at radius 2 is 2.22 bits per heavy atom. The Balaban J connectivity index is 1.90. The van der Waals surface area contributed by atoms with E-state index < -0.39 is 10.2 Å². The van der Waals surface area contributed by atoms with Crippen molar-refractivity contribution in [3.05, 3.63) is 22.4 Å². The zero-order chi connectivity index (χ0) is 13.0. The van der Waals surface area contributed by atoms with Crippen molar-refractivity contribution >= 4 is 21.5 Å². The van der Waals surface area contributed by atoms with Gasteiger partial charge in [-0.25, -0.2) is 0 Å². The quantitative estimate of drug-likeness (QED) is 0.826. The Bertz CT molecular complexity index is 453. The summed E-state index contributed by atoms with van der Waals surface area (Å²) < 4.78 is 28.5. The molecule has 0 aromatic carbocycles. The molecule has 7 heteroatoms. The van der Waals surface area contributed by atoms with E-state index >= 15 is 0 Å². The fraction of sp³-hybridized carbons (Fsp3) is 0.636. The van der Waals surface area contributed by atoms with Gasteiger partial charge in [-0.05, 0) is 35.7 Å². The molecule has 0 aliphatic carbocycles. The lowest BCUT2D eigenvalue weighted by Gasteiger charge is -2.28. The molecule has 2 N–H and O–H groups in total. The lowest BCUT2D eigenvalue weighted by atomic mass is 10.1. The molecule has 2 rings (SSSR count). The Morgan fingerprint density at radius 1 is 1.50 bits per heavy atom. The maximum Gasteiger partial charge on any atom is 0.279 e. The Labute approximate surface area is 112 Å². The van der Waals surface area contributed by atoms with E-state index in [9.17, 15) is 8.42 Å². The van der Waals surface area contributed by atoms with Crippen LogP contribution in [-0.2, 0) is 16.6 Å². The molecule has 1 aliphatic heterocycles. The lowest BCUT2D eigenvalue weighted by molar-refractivity contribution is 0.352. The molecule has 5 nitrogen and oxygen atoms in total. The van der Waals surface area contributed by atoms with Crippen LogP contribution in [0.3, 0.4) is 0 Å². The second-order valence-corrected chi connectivity index (χ2v) is 6.99. The number of hydrogen-bond acceptors (Lipinski definition) is 4. The molecule has 1 aromatic heterocycles. The van der Waals surface area contributed by atoms with E-state index in [-0.39, 0.29) is 6.04 Å². The number of nitrogens with one attached hydrogen (secondary N) is 2. The summed E-state index contributed by atoms with van der Waals surface area (Å²) in [6.45, 7) is 4.43. The minimum atomic E-state index is -3.34. The summed E-state index contributed by atoms with van der Waals surface area (Å²) in [6.07, 6.45) is 0.731. The van der Waals surface area contributed by atoms with E-state index in [4.69, 9.17) is 0 Å². The van der Waals surface area contributed by atoms with Crippen LogP contribution in [0.25, 0.3) is 0 Å². The first-order valence-electron chi connectivity index (χ1n) is 6.07. The highest BCUT2D eigenvalue weighted by Gasteiger charge is 2.25. The van der Waals surface area contributed by atoms with Gasteiger partial charge in [-0.3, -0.25) is 0 Å². The average molecular weight is 289 g/mol. The molecule has 0 bridgehead atoms. The first-order chi connectivity index (χ1) is 8.58. The van der Waals surface area contributed by atoms with Crippen molar-refractivity contribution in [3.8, 4) is 0 Å². The van der Waals surface area contributed by atoms with Crippen LogP contribution < -0.4 is 10.0 Å². The van der Waals surface area contributed by atoms with Crippen LogP contribution in [0, 0.1) is 0 Å². The standard InChI is InChI=1S/C11H19N3O2S2/c1-10(8-11-2-7-17-9-11)13-18(15,16)14-5-3-12-4-6-14/h2,7,9-10,12-13H,3-6,8H2,1H3. The van der Waals surface area contributed by atoms with Gasteiger partial charge in [0.2, 0.25) is 0 Å². The van der Waals surface area contributed by atoms with Crippen LogP contribution in [0.1, 0.15) is 12.5 Å².